The van der Waals surface area contributed by atoms with Crippen molar-refractivity contribution in [3.8, 4) is 0 Å². The minimum Gasteiger partial charge on any atom is -0.398 e. The Bertz CT molecular complexity index is 584. The summed E-state index contributed by atoms with van der Waals surface area (Å²) >= 11 is 1.61. The average molecular weight is 286 g/mol. The summed E-state index contributed by atoms with van der Waals surface area (Å²) in [4.78, 5) is 12.8. The molecule has 0 saturated carbocycles. The van der Waals surface area contributed by atoms with Gasteiger partial charge in [0.15, 0.2) is 0 Å². The molecule has 2 rings (SSSR count). The Balaban J connectivity index is 1.79. The lowest BCUT2D eigenvalue weighted by Crippen LogP contribution is -2.12. The van der Waals surface area contributed by atoms with Gasteiger partial charge in [0.2, 0.25) is 5.91 Å². The van der Waals surface area contributed by atoms with Gasteiger partial charge < -0.3 is 11.1 Å². The van der Waals surface area contributed by atoms with E-state index in [1.54, 1.807) is 11.8 Å². The van der Waals surface area contributed by atoms with Gasteiger partial charge in [-0.2, -0.15) is 0 Å². The highest BCUT2D eigenvalue weighted by atomic mass is 32.2. The van der Waals surface area contributed by atoms with Crippen LogP contribution in [0.15, 0.2) is 53.4 Å². The van der Waals surface area contributed by atoms with Gasteiger partial charge in [0, 0.05) is 28.4 Å². The Kier molecular flexibility index (Phi) is 5.07. The van der Waals surface area contributed by atoms with Gasteiger partial charge in [0.25, 0.3) is 0 Å². The summed E-state index contributed by atoms with van der Waals surface area (Å²) in [7, 11) is 0. The molecule has 0 aliphatic rings. The van der Waals surface area contributed by atoms with Crippen molar-refractivity contribution >= 4 is 29.0 Å². The summed E-state index contributed by atoms with van der Waals surface area (Å²) in [6.45, 7) is 2.01. The number of anilines is 2. The van der Waals surface area contributed by atoms with Crippen LogP contribution in [0.5, 0.6) is 0 Å². The summed E-state index contributed by atoms with van der Waals surface area (Å²) in [6.07, 6.45) is 0.465. The fraction of sp³-hybridized carbons (Fsp3) is 0.188. The highest BCUT2D eigenvalue weighted by Gasteiger charge is 2.04. The van der Waals surface area contributed by atoms with Crippen molar-refractivity contribution in [2.24, 2.45) is 0 Å². The number of carbonyl (C=O) groups excluding carboxylic acids is 1. The van der Waals surface area contributed by atoms with Crippen molar-refractivity contribution in [1.29, 1.82) is 0 Å². The molecule has 0 aliphatic carbocycles. The van der Waals surface area contributed by atoms with E-state index in [0.717, 1.165) is 21.8 Å². The number of para-hydroxylation sites is 1. The van der Waals surface area contributed by atoms with Gasteiger partial charge >= 0.3 is 0 Å². The van der Waals surface area contributed by atoms with Crippen LogP contribution in [0.1, 0.15) is 12.0 Å². The zero-order valence-corrected chi connectivity index (χ0v) is 12.2. The van der Waals surface area contributed by atoms with Gasteiger partial charge in [-0.25, -0.2) is 0 Å². The molecule has 0 fully saturated rings. The molecule has 2 aromatic carbocycles. The molecule has 3 nitrogen and oxygen atoms in total. The van der Waals surface area contributed by atoms with Crippen molar-refractivity contribution in [2.45, 2.75) is 18.2 Å². The zero-order valence-electron chi connectivity index (χ0n) is 11.4. The first kappa shape index (κ1) is 14.5. The number of hydrogen-bond acceptors (Lipinski definition) is 3. The number of aryl methyl sites for hydroxylation is 1. The lowest BCUT2D eigenvalue weighted by Gasteiger charge is -2.07. The standard InChI is InChI=1S/C16H18N2OS/c1-12-7-8-15(14(17)11-12)20-10-9-16(19)18-13-5-3-2-4-6-13/h2-8,11H,9-10,17H2,1H3,(H,18,19). The number of thioether (sulfide) groups is 1. The van der Waals surface area contributed by atoms with E-state index in [1.807, 2.05) is 55.5 Å². The van der Waals surface area contributed by atoms with E-state index in [0.29, 0.717) is 12.2 Å². The summed E-state index contributed by atoms with van der Waals surface area (Å²) in [5, 5.41) is 2.87. The molecule has 0 aromatic heterocycles. The van der Waals surface area contributed by atoms with Gasteiger partial charge in [0.1, 0.15) is 0 Å². The van der Waals surface area contributed by atoms with Crippen molar-refractivity contribution in [3.63, 3.8) is 0 Å². The predicted molar refractivity (Wildman–Crippen MR) is 86.0 cm³/mol. The lowest BCUT2D eigenvalue weighted by atomic mass is 10.2. The number of nitrogens with two attached hydrogens (primary N) is 1. The molecule has 2 aromatic rings. The molecular formula is C16H18N2OS. The Morgan fingerprint density at radius 1 is 1.20 bits per heavy atom. The number of nitrogen functional groups attached to an aromatic ring is 1. The van der Waals surface area contributed by atoms with Crippen LogP contribution in [0.25, 0.3) is 0 Å². The number of carbonyl (C=O) groups is 1. The molecule has 104 valence electrons. The molecule has 0 bridgehead atoms. The first-order chi connectivity index (χ1) is 9.65. The highest BCUT2D eigenvalue weighted by molar-refractivity contribution is 7.99. The van der Waals surface area contributed by atoms with E-state index >= 15 is 0 Å². The Hall–Kier alpha value is -1.94. The normalized spacial score (nSPS) is 10.2. The van der Waals surface area contributed by atoms with E-state index in [1.165, 1.54) is 0 Å². The Labute approximate surface area is 123 Å². The maximum atomic E-state index is 11.8. The molecule has 0 atom stereocenters. The van der Waals surface area contributed by atoms with Crippen LogP contribution in [-0.2, 0) is 4.79 Å². The summed E-state index contributed by atoms with van der Waals surface area (Å²) in [5.41, 5.74) is 8.69. The monoisotopic (exact) mass is 286 g/mol. The first-order valence-electron chi connectivity index (χ1n) is 6.49. The average Bonchev–Trinajstić information content (AvgIpc) is 2.42. The van der Waals surface area contributed by atoms with Crippen LogP contribution >= 0.6 is 11.8 Å². The summed E-state index contributed by atoms with van der Waals surface area (Å²) in [5.74, 6) is 0.737. The molecule has 4 heteroatoms. The van der Waals surface area contributed by atoms with Gasteiger partial charge in [-0.3, -0.25) is 4.79 Å². The molecule has 0 unspecified atom stereocenters. The van der Waals surface area contributed by atoms with Crippen molar-refractivity contribution in [3.05, 3.63) is 54.1 Å². The molecule has 0 saturated heterocycles. The van der Waals surface area contributed by atoms with E-state index in [4.69, 9.17) is 5.73 Å². The van der Waals surface area contributed by atoms with Gasteiger partial charge in [-0.1, -0.05) is 24.3 Å². The van der Waals surface area contributed by atoms with Crippen LogP contribution in [0.3, 0.4) is 0 Å². The quantitative estimate of drug-likeness (QED) is 0.651. The largest absolute Gasteiger partial charge is 0.398 e. The third-order valence-electron chi connectivity index (χ3n) is 2.81. The van der Waals surface area contributed by atoms with Gasteiger partial charge in [-0.15, -0.1) is 11.8 Å². The molecule has 1 amide bonds. The molecule has 0 heterocycles. The summed E-state index contributed by atoms with van der Waals surface area (Å²) in [6, 6.07) is 15.5. The van der Waals surface area contributed by atoms with Crippen molar-refractivity contribution < 1.29 is 4.79 Å². The third kappa shape index (κ3) is 4.31. The zero-order chi connectivity index (χ0) is 14.4. The first-order valence-corrected chi connectivity index (χ1v) is 7.47. The van der Waals surface area contributed by atoms with Crippen LogP contribution in [0.4, 0.5) is 11.4 Å². The fourth-order valence-electron chi connectivity index (χ4n) is 1.80. The third-order valence-corrected chi connectivity index (χ3v) is 3.90. The topological polar surface area (TPSA) is 55.1 Å². The Morgan fingerprint density at radius 2 is 1.95 bits per heavy atom. The van der Waals surface area contributed by atoms with Crippen LogP contribution in [0, 0.1) is 6.92 Å². The maximum absolute atomic E-state index is 11.8. The number of nitrogens with one attached hydrogen (secondary N) is 1. The van der Waals surface area contributed by atoms with Crippen LogP contribution in [0.2, 0.25) is 0 Å². The van der Waals surface area contributed by atoms with Crippen LogP contribution in [-0.4, -0.2) is 11.7 Å². The minimum absolute atomic E-state index is 0.0226. The summed E-state index contributed by atoms with van der Waals surface area (Å²) < 4.78 is 0. The van der Waals surface area contributed by atoms with E-state index in [9.17, 15) is 4.79 Å². The van der Waals surface area contributed by atoms with E-state index in [-0.39, 0.29) is 5.91 Å². The maximum Gasteiger partial charge on any atom is 0.225 e. The second-order valence-electron chi connectivity index (χ2n) is 4.55. The number of benzene rings is 2. The molecule has 0 radical (unpaired) electrons. The fourth-order valence-corrected chi connectivity index (χ4v) is 2.70. The Morgan fingerprint density at radius 3 is 2.65 bits per heavy atom. The number of rotatable bonds is 5. The van der Waals surface area contributed by atoms with E-state index in [2.05, 4.69) is 5.32 Å². The predicted octanol–water partition coefficient (Wildman–Crippen LogP) is 3.70. The SMILES string of the molecule is Cc1ccc(SCCC(=O)Nc2ccccc2)c(N)c1. The second-order valence-corrected chi connectivity index (χ2v) is 5.69. The minimum atomic E-state index is 0.0226. The number of hydrogen-bond donors (Lipinski definition) is 2. The van der Waals surface area contributed by atoms with Gasteiger partial charge in [-0.05, 0) is 36.8 Å². The van der Waals surface area contributed by atoms with Crippen molar-refractivity contribution in [2.75, 3.05) is 16.8 Å². The molecule has 0 spiro atoms. The van der Waals surface area contributed by atoms with E-state index < -0.39 is 0 Å². The highest BCUT2D eigenvalue weighted by Crippen LogP contribution is 2.26. The number of amides is 1. The molecular weight excluding hydrogens is 268 g/mol. The smallest absolute Gasteiger partial charge is 0.225 e. The van der Waals surface area contributed by atoms with Crippen molar-refractivity contribution in [1.82, 2.24) is 0 Å². The molecule has 3 N–H and O–H groups in total. The van der Waals surface area contributed by atoms with Crippen LogP contribution < -0.4 is 11.1 Å². The van der Waals surface area contributed by atoms with Gasteiger partial charge in [0.05, 0.1) is 0 Å². The second kappa shape index (κ2) is 7.01. The molecule has 20 heavy (non-hydrogen) atoms. The molecule has 0 aliphatic heterocycles. The lowest BCUT2D eigenvalue weighted by molar-refractivity contribution is -0.115.